The Hall–Kier alpha value is -1.82. The second-order valence-electron chi connectivity index (χ2n) is 7.51. The molecule has 0 saturated heterocycles. The minimum atomic E-state index is 0.568. The summed E-state index contributed by atoms with van der Waals surface area (Å²) >= 11 is 0. The van der Waals surface area contributed by atoms with Gasteiger partial charge in [-0.15, -0.1) is 0 Å². The molecule has 0 bridgehead atoms. The summed E-state index contributed by atoms with van der Waals surface area (Å²) in [7, 11) is 0. The van der Waals surface area contributed by atoms with Gasteiger partial charge in [0.05, 0.1) is 0 Å². The normalized spacial score (nSPS) is 21.0. The lowest BCUT2D eigenvalue weighted by Crippen LogP contribution is -2.16. The van der Waals surface area contributed by atoms with Crippen LogP contribution in [0.3, 0.4) is 0 Å². The third kappa shape index (κ3) is 3.64. The Morgan fingerprint density at radius 1 is 1.00 bits per heavy atom. The van der Waals surface area contributed by atoms with E-state index < -0.39 is 0 Å². The van der Waals surface area contributed by atoms with E-state index in [2.05, 4.69) is 69.8 Å². The van der Waals surface area contributed by atoms with Gasteiger partial charge in [0.1, 0.15) is 0 Å². The quantitative estimate of drug-likeness (QED) is 0.547. The number of hydrogen-bond acceptors (Lipinski definition) is 0. The first-order valence-electron chi connectivity index (χ1n) is 9.42. The molecule has 0 nitrogen and oxygen atoms in total. The minimum Gasteiger partial charge on any atom is -0.0990 e. The summed E-state index contributed by atoms with van der Waals surface area (Å²) in [5, 5.41) is 0. The van der Waals surface area contributed by atoms with Crippen LogP contribution in [0.4, 0.5) is 0 Å². The summed E-state index contributed by atoms with van der Waals surface area (Å²) in [6.07, 6.45) is 6.20. The first-order chi connectivity index (χ1) is 11.6. The lowest BCUT2D eigenvalue weighted by atomic mass is 9.73. The van der Waals surface area contributed by atoms with Gasteiger partial charge >= 0.3 is 0 Å². The molecule has 1 aliphatic rings. The van der Waals surface area contributed by atoms with Crippen molar-refractivity contribution in [2.45, 2.75) is 58.8 Å². The summed E-state index contributed by atoms with van der Waals surface area (Å²) < 4.78 is 0. The largest absolute Gasteiger partial charge is 0.0990 e. The van der Waals surface area contributed by atoms with Gasteiger partial charge in [0.15, 0.2) is 0 Å². The molecule has 0 aliphatic heterocycles. The molecule has 2 atom stereocenters. The zero-order valence-corrected chi connectivity index (χ0v) is 15.4. The number of rotatable bonds is 4. The maximum Gasteiger partial charge on any atom is 0.00482 e. The Morgan fingerprint density at radius 2 is 1.75 bits per heavy atom. The Bertz CT molecular complexity index is 705. The topological polar surface area (TPSA) is 0 Å². The molecule has 1 saturated carbocycles. The van der Waals surface area contributed by atoms with Gasteiger partial charge in [-0.25, -0.2) is 0 Å². The molecular weight excluding hydrogens is 288 g/mol. The zero-order chi connectivity index (χ0) is 17.1. The number of hydrogen-bond donors (Lipinski definition) is 0. The van der Waals surface area contributed by atoms with Gasteiger partial charge in [-0.05, 0) is 67.7 Å². The Kier molecular flexibility index (Phi) is 5.23. The van der Waals surface area contributed by atoms with Crippen molar-refractivity contribution in [2.75, 3.05) is 0 Å². The van der Waals surface area contributed by atoms with Crippen LogP contribution in [0.1, 0.15) is 66.3 Å². The Balaban J connectivity index is 1.74. The number of allylic oxidation sites excluding steroid dienone is 1. The third-order valence-corrected chi connectivity index (χ3v) is 5.78. The fourth-order valence-corrected chi connectivity index (χ4v) is 4.20. The SMILES string of the molecule is C=C1C(CC)CCC[C@H]1c1ccc(Cc2ccc(C)cc2C)cc1. The Labute approximate surface area is 147 Å². The van der Waals surface area contributed by atoms with Gasteiger partial charge in [0, 0.05) is 5.92 Å². The van der Waals surface area contributed by atoms with E-state index in [9.17, 15) is 0 Å². The molecule has 0 heterocycles. The molecule has 0 spiro atoms. The molecule has 1 unspecified atom stereocenters. The average molecular weight is 319 g/mol. The van der Waals surface area contributed by atoms with Crippen molar-refractivity contribution in [1.82, 2.24) is 0 Å². The van der Waals surface area contributed by atoms with E-state index in [1.165, 1.54) is 59.1 Å². The van der Waals surface area contributed by atoms with Crippen LogP contribution in [-0.2, 0) is 6.42 Å². The van der Waals surface area contributed by atoms with Crippen molar-refractivity contribution in [1.29, 1.82) is 0 Å². The highest BCUT2D eigenvalue weighted by atomic mass is 14.3. The van der Waals surface area contributed by atoms with E-state index in [4.69, 9.17) is 0 Å². The fraction of sp³-hybridized carbons (Fsp3) is 0.417. The zero-order valence-electron chi connectivity index (χ0n) is 15.4. The van der Waals surface area contributed by atoms with Crippen LogP contribution in [0.15, 0.2) is 54.6 Å². The molecule has 0 aromatic heterocycles. The summed E-state index contributed by atoms with van der Waals surface area (Å²) in [6.45, 7) is 11.1. The molecule has 24 heavy (non-hydrogen) atoms. The Morgan fingerprint density at radius 3 is 2.42 bits per heavy atom. The molecule has 2 aromatic rings. The smallest absolute Gasteiger partial charge is 0.00482 e. The van der Waals surface area contributed by atoms with Crippen LogP contribution >= 0.6 is 0 Å². The average Bonchev–Trinajstić information content (AvgIpc) is 2.58. The van der Waals surface area contributed by atoms with E-state index in [0.717, 1.165) is 12.3 Å². The van der Waals surface area contributed by atoms with Crippen LogP contribution in [-0.4, -0.2) is 0 Å². The van der Waals surface area contributed by atoms with Gasteiger partial charge in [-0.1, -0.05) is 73.5 Å². The second kappa shape index (κ2) is 7.38. The van der Waals surface area contributed by atoms with Crippen LogP contribution in [0, 0.1) is 19.8 Å². The van der Waals surface area contributed by atoms with Crippen molar-refractivity contribution < 1.29 is 0 Å². The van der Waals surface area contributed by atoms with Crippen molar-refractivity contribution >= 4 is 0 Å². The minimum absolute atomic E-state index is 0.568. The third-order valence-electron chi connectivity index (χ3n) is 5.78. The highest BCUT2D eigenvalue weighted by Crippen LogP contribution is 2.41. The molecular formula is C24H30. The summed E-state index contributed by atoms with van der Waals surface area (Å²) in [5.74, 6) is 1.29. The van der Waals surface area contributed by atoms with Gasteiger partial charge in [-0.3, -0.25) is 0 Å². The summed E-state index contributed by atoms with van der Waals surface area (Å²) in [6, 6.07) is 16.1. The molecule has 0 N–H and O–H groups in total. The first-order valence-corrected chi connectivity index (χ1v) is 9.42. The van der Waals surface area contributed by atoms with Gasteiger partial charge in [-0.2, -0.15) is 0 Å². The van der Waals surface area contributed by atoms with E-state index in [1.54, 1.807) is 0 Å². The highest BCUT2D eigenvalue weighted by Gasteiger charge is 2.25. The predicted molar refractivity (Wildman–Crippen MR) is 105 cm³/mol. The molecule has 0 radical (unpaired) electrons. The van der Waals surface area contributed by atoms with Gasteiger partial charge in [0.25, 0.3) is 0 Å². The summed E-state index contributed by atoms with van der Waals surface area (Å²) in [4.78, 5) is 0. The lowest BCUT2D eigenvalue weighted by molar-refractivity contribution is 0.413. The number of aryl methyl sites for hydroxylation is 2. The maximum absolute atomic E-state index is 4.43. The van der Waals surface area contributed by atoms with Crippen molar-refractivity contribution in [3.63, 3.8) is 0 Å². The summed E-state index contributed by atoms with van der Waals surface area (Å²) in [5.41, 5.74) is 8.49. The van der Waals surface area contributed by atoms with Gasteiger partial charge < -0.3 is 0 Å². The monoisotopic (exact) mass is 318 g/mol. The van der Waals surface area contributed by atoms with Crippen LogP contribution in [0.5, 0.6) is 0 Å². The van der Waals surface area contributed by atoms with E-state index in [-0.39, 0.29) is 0 Å². The maximum atomic E-state index is 4.43. The van der Waals surface area contributed by atoms with Gasteiger partial charge in [0.2, 0.25) is 0 Å². The molecule has 1 fully saturated rings. The predicted octanol–water partition coefficient (Wildman–Crippen LogP) is 6.74. The van der Waals surface area contributed by atoms with Crippen molar-refractivity contribution in [3.05, 3.63) is 82.4 Å². The molecule has 126 valence electrons. The van der Waals surface area contributed by atoms with Crippen LogP contribution in [0.25, 0.3) is 0 Å². The fourth-order valence-electron chi connectivity index (χ4n) is 4.20. The lowest BCUT2D eigenvalue weighted by Gasteiger charge is -2.32. The number of benzene rings is 2. The molecule has 0 amide bonds. The molecule has 0 heteroatoms. The molecule has 1 aliphatic carbocycles. The molecule has 3 rings (SSSR count). The van der Waals surface area contributed by atoms with E-state index in [0.29, 0.717) is 5.92 Å². The highest BCUT2D eigenvalue weighted by molar-refractivity contribution is 5.37. The molecule has 2 aromatic carbocycles. The van der Waals surface area contributed by atoms with Crippen molar-refractivity contribution in [3.8, 4) is 0 Å². The second-order valence-corrected chi connectivity index (χ2v) is 7.51. The van der Waals surface area contributed by atoms with Crippen LogP contribution in [0.2, 0.25) is 0 Å². The van der Waals surface area contributed by atoms with E-state index in [1.807, 2.05) is 0 Å². The van der Waals surface area contributed by atoms with Crippen LogP contribution < -0.4 is 0 Å². The van der Waals surface area contributed by atoms with Crippen molar-refractivity contribution in [2.24, 2.45) is 5.92 Å². The van der Waals surface area contributed by atoms with E-state index >= 15 is 0 Å². The standard InChI is InChI=1S/C24H30/c1-5-21-7-6-8-24(19(21)4)22-13-10-20(11-14-22)16-23-12-9-17(2)15-18(23)3/h9-15,21,24H,4-8,16H2,1-3H3/t21?,24-/m1/s1. The first kappa shape index (κ1) is 17.0.